The Bertz CT molecular complexity index is 1320. The normalized spacial score (nSPS) is 16.0. The lowest BCUT2D eigenvalue weighted by molar-refractivity contribution is -0.473. The summed E-state index contributed by atoms with van der Waals surface area (Å²) >= 11 is 0. The average Bonchev–Trinajstić information content (AvgIpc) is 2.88. The zero-order chi connectivity index (χ0) is 22.5. The van der Waals surface area contributed by atoms with E-state index in [1.807, 2.05) is 36.4 Å². The highest BCUT2D eigenvalue weighted by Gasteiger charge is 2.22. The Hall–Kier alpha value is -4.17. The molecule has 2 heteroatoms. The first-order valence-corrected chi connectivity index (χ1v) is 11.2. The van der Waals surface area contributed by atoms with Crippen molar-refractivity contribution in [3.05, 3.63) is 149 Å². The Morgan fingerprint density at radius 1 is 0.727 bits per heavy atom. The van der Waals surface area contributed by atoms with E-state index in [2.05, 4.69) is 96.9 Å². The number of fused-ring (bicyclic) bond motifs is 1. The van der Waals surface area contributed by atoms with Crippen LogP contribution in [-0.2, 0) is 6.54 Å². The monoisotopic (exact) mass is 428 g/mol. The van der Waals surface area contributed by atoms with E-state index >= 15 is 0 Å². The van der Waals surface area contributed by atoms with Crippen LogP contribution >= 0.6 is 0 Å². The van der Waals surface area contributed by atoms with E-state index in [-0.39, 0.29) is 0 Å². The van der Waals surface area contributed by atoms with Crippen molar-refractivity contribution >= 4 is 17.0 Å². The smallest absolute Gasteiger partial charge is 0.198 e. The fourth-order valence-corrected chi connectivity index (χ4v) is 4.06. The molecule has 3 aromatic rings. The summed E-state index contributed by atoms with van der Waals surface area (Å²) in [6.07, 6.45) is 12.9. The lowest BCUT2D eigenvalue weighted by Crippen LogP contribution is -2.70. The van der Waals surface area contributed by atoms with Gasteiger partial charge in [0.05, 0.1) is 0 Å². The van der Waals surface area contributed by atoms with Gasteiger partial charge >= 0.3 is 0 Å². The molecule has 0 bridgehead atoms. The lowest BCUT2D eigenvalue weighted by Gasteiger charge is -2.24. The average molecular weight is 429 g/mol. The maximum absolute atomic E-state index is 6.31. The Balaban J connectivity index is 1.42. The van der Waals surface area contributed by atoms with Gasteiger partial charge in [-0.15, -0.1) is 0 Å². The molecule has 1 aliphatic heterocycles. The molecule has 0 saturated heterocycles. The van der Waals surface area contributed by atoms with Gasteiger partial charge in [-0.2, -0.15) is 0 Å². The van der Waals surface area contributed by atoms with Gasteiger partial charge in [-0.3, -0.25) is 0 Å². The largest absolute Gasteiger partial charge is 0.456 e. The van der Waals surface area contributed by atoms with Gasteiger partial charge < -0.3 is 4.74 Å². The third-order valence-electron chi connectivity index (χ3n) is 5.86. The molecular weight excluding hydrogens is 402 g/mol. The zero-order valence-electron chi connectivity index (χ0n) is 18.7. The summed E-state index contributed by atoms with van der Waals surface area (Å²) in [5, 5.41) is 0. The molecule has 1 N–H and O–H groups in total. The molecule has 0 saturated carbocycles. The molecule has 0 unspecified atom stereocenters. The summed E-state index contributed by atoms with van der Waals surface area (Å²) in [6.45, 7) is 2.95. The predicted molar refractivity (Wildman–Crippen MR) is 137 cm³/mol. The van der Waals surface area contributed by atoms with Gasteiger partial charge in [0.1, 0.15) is 11.5 Å². The minimum absolute atomic E-state index is 0.816. The predicted octanol–water partition coefficient (Wildman–Crippen LogP) is 5.67. The van der Waals surface area contributed by atoms with Crippen LogP contribution in [0.15, 0.2) is 133 Å². The summed E-state index contributed by atoms with van der Waals surface area (Å²) < 4.78 is 6.31. The van der Waals surface area contributed by atoms with E-state index in [9.17, 15) is 0 Å². The summed E-state index contributed by atoms with van der Waals surface area (Å²) in [6, 6.07) is 29.0. The minimum atomic E-state index is 0.816. The van der Waals surface area contributed by atoms with E-state index in [0.29, 0.717) is 0 Å². The van der Waals surface area contributed by atoms with Crippen LogP contribution in [0.4, 0.5) is 0 Å². The highest BCUT2D eigenvalue weighted by atomic mass is 16.5. The quantitative estimate of drug-likeness (QED) is 0.569. The van der Waals surface area contributed by atoms with E-state index in [1.165, 1.54) is 11.1 Å². The second-order valence-corrected chi connectivity index (χ2v) is 8.13. The van der Waals surface area contributed by atoms with Crippen LogP contribution in [0.5, 0.6) is 5.75 Å². The van der Waals surface area contributed by atoms with Crippen molar-refractivity contribution in [1.29, 1.82) is 0 Å². The van der Waals surface area contributed by atoms with Crippen molar-refractivity contribution in [1.82, 2.24) is 0 Å². The van der Waals surface area contributed by atoms with Crippen LogP contribution in [-0.4, -0.2) is 5.71 Å². The molecule has 33 heavy (non-hydrogen) atoms. The number of allylic oxidation sites excluding steroid dienone is 9. The van der Waals surface area contributed by atoms with E-state index in [1.54, 1.807) is 0 Å². The number of rotatable bonds is 4. The van der Waals surface area contributed by atoms with Crippen LogP contribution in [0.3, 0.4) is 0 Å². The molecule has 1 aliphatic carbocycles. The van der Waals surface area contributed by atoms with Gasteiger partial charge in [0.15, 0.2) is 12.3 Å². The molecule has 0 atom stereocenters. The van der Waals surface area contributed by atoms with E-state index < -0.39 is 0 Å². The third kappa shape index (κ3) is 4.70. The van der Waals surface area contributed by atoms with E-state index in [0.717, 1.165) is 46.0 Å². The van der Waals surface area contributed by atoms with Crippen molar-refractivity contribution in [3.63, 3.8) is 0 Å². The Kier molecular flexibility index (Phi) is 5.99. The van der Waals surface area contributed by atoms with Crippen molar-refractivity contribution in [3.8, 4) is 5.75 Å². The van der Waals surface area contributed by atoms with Gasteiger partial charge in [-0.1, -0.05) is 91.0 Å². The first kappa shape index (κ1) is 20.7. The van der Waals surface area contributed by atoms with Crippen LogP contribution in [0.25, 0.3) is 11.3 Å². The zero-order valence-corrected chi connectivity index (χ0v) is 18.7. The highest BCUT2D eigenvalue weighted by Crippen LogP contribution is 2.41. The van der Waals surface area contributed by atoms with E-state index in [4.69, 9.17) is 4.74 Å². The van der Waals surface area contributed by atoms with Crippen LogP contribution in [0.2, 0.25) is 0 Å². The van der Waals surface area contributed by atoms with Gasteiger partial charge in [0.25, 0.3) is 0 Å². The molecule has 0 radical (unpaired) electrons. The Morgan fingerprint density at radius 2 is 1.39 bits per heavy atom. The Morgan fingerprint density at radius 3 is 2.15 bits per heavy atom. The Labute approximate surface area is 195 Å². The van der Waals surface area contributed by atoms with Crippen LogP contribution in [0.1, 0.15) is 23.6 Å². The molecule has 3 aromatic carbocycles. The summed E-state index contributed by atoms with van der Waals surface area (Å²) in [4.78, 5) is 3.48. The maximum Gasteiger partial charge on any atom is 0.198 e. The molecule has 0 aromatic heterocycles. The number of ether oxygens (including phenoxy) is 1. The number of hydrogen-bond donors (Lipinski definition) is 1. The SMILES string of the molecule is CC1=C(c2ccccc2)Oc2ccccc2C1=CC=C1C=CC(=[NH+]Cc2ccccc2)C=C1. The molecule has 5 rings (SSSR count). The molecular formula is C31H26NO+. The first-order valence-electron chi connectivity index (χ1n) is 11.2. The van der Waals surface area contributed by atoms with Crippen LogP contribution < -0.4 is 9.73 Å². The van der Waals surface area contributed by atoms with Crippen molar-refractivity contribution in [2.45, 2.75) is 13.5 Å². The lowest BCUT2D eigenvalue weighted by atomic mass is 9.92. The van der Waals surface area contributed by atoms with Gasteiger partial charge in [-0.05, 0) is 36.3 Å². The first-order chi connectivity index (χ1) is 16.3. The molecule has 0 spiro atoms. The number of hydrogen-bond acceptors (Lipinski definition) is 1. The van der Waals surface area contributed by atoms with Gasteiger partial charge in [0.2, 0.25) is 0 Å². The molecule has 0 fully saturated rings. The summed E-state index contributed by atoms with van der Waals surface area (Å²) in [5.74, 6) is 1.80. The van der Waals surface area contributed by atoms with Crippen molar-refractivity contribution < 1.29 is 9.73 Å². The standard InChI is InChI=1S/C31H25NO/c1-23-28(29-14-8-9-15-30(29)33-31(23)26-12-6-3-7-13-26)21-18-24-16-19-27(20-17-24)32-22-25-10-4-2-5-11-25/h2-21H,22H2,1H3/p+1. The van der Waals surface area contributed by atoms with Gasteiger partial charge in [-0.25, -0.2) is 4.99 Å². The highest BCUT2D eigenvalue weighted by molar-refractivity contribution is 6.01. The third-order valence-corrected chi connectivity index (χ3v) is 5.86. The second kappa shape index (κ2) is 9.54. The van der Waals surface area contributed by atoms with Crippen molar-refractivity contribution in [2.24, 2.45) is 0 Å². The fraction of sp³-hybridized carbons (Fsp3) is 0.0645. The minimum Gasteiger partial charge on any atom is -0.456 e. The topological polar surface area (TPSA) is 23.2 Å². The molecule has 1 heterocycles. The maximum atomic E-state index is 6.31. The molecule has 0 amide bonds. The summed E-state index contributed by atoms with van der Waals surface area (Å²) in [7, 11) is 0. The fourth-order valence-electron chi connectivity index (χ4n) is 4.06. The number of benzene rings is 3. The summed E-state index contributed by atoms with van der Waals surface area (Å²) in [5.41, 5.74) is 8.07. The second-order valence-electron chi connectivity index (χ2n) is 8.13. The molecule has 160 valence electrons. The van der Waals surface area contributed by atoms with Crippen LogP contribution in [0, 0.1) is 0 Å². The number of nitrogens with one attached hydrogen (secondary N) is 1. The number of para-hydroxylation sites is 1. The van der Waals surface area contributed by atoms with Crippen molar-refractivity contribution in [2.75, 3.05) is 0 Å². The van der Waals surface area contributed by atoms with Gasteiger partial charge in [0, 0.05) is 34.4 Å². The molecule has 2 aliphatic rings. The molecule has 2 nitrogen and oxygen atoms in total.